The summed E-state index contributed by atoms with van der Waals surface area (Å²) < 4.78 is 0. The number of nitrogen functional groups attached to an aromatic ring is 1. The third-order valence-corrected chi connectivity index (χ3v) is 6.56. The van der Waals surface area contributed by atoms with Crippen LogP contribution in [0.2, 0.25) is 0 Å². The predicted octanol–water partition coefficient (Wildman–Crippen LogP) is 4.85. The lowest BCUT2D eigenvalue weighted by molar-refractivity contribution is 0.0994. The van der Waals surface area contributed by atoms with Gasteiger partial charge in [0.15, 0.2) is 0 Å². The van der Waals surface area contributed by atoms with E-state index in [1.165, 1.54) is 28.0 Å². The molecule has 5 rings (SSSR count). The summed E-state index contributed by atoms with van der Waals surface area (Å²) in [5.74, 6) is -0.0307. The van der Waals surface area contributed by atoms with E-state index in [-0.39, 0.29) is 5.91 Å². The number of anilines is 2. The van der Waals surface area contributed by atoms with Gasteiger partial charge >= 0.3 is 0 Å². The van der Waals surface area contributed by atoms with E-state index in [4.69, 9.17) is 10.7 Å². The minimum absolute atomic E-state index is 0.0307. The second kappa shape index (κ2) is 5.79. The fourth-order valence-electron chi connectivity index (χ4n) is 3.80. The smallest absolute Gasteiger partial charge is 0.270 e. The molecule has 2 aromatic carbocycles. The highest BCUT2D eigenvalue weighted by Crippen LogP contribution is 2.38. The van der Waals surface area contributed by atoms with Gasteiger partial charge in [0.1, 0.15) is 9.71 Å². The number of aryl methyl sites for hydroxylation is 2. The van der Waals surface area contributed by atoms with E-state index >= 15 is 0 Å². The number of aromatic nitrogens is 1. The van der Waals surface area contributed by atoms with Crippen molar-refractivity contribution in [3.63, 3.8) is 0 Å². The number of thiophene rings is 1. The summed E-state index contributed by atoms with van der Waals surface area (Å²) >= 11 is 1.39. The van der Waals surface area contributed by atoms with Gasteiger partial charge in [-0.3, -0.25) is 4.79 Å². The van der Waals surface area contributed by atoms with E-state index in [1.54, 1.807) is 0 Å². The normalized spacial score (nSPS) is 13.5. The molecule has 3 heterocycles. The van der Waals surface area contributed by atoms with Crippen LogP contribution >= 0.6 is 11.3 Å². The van der Waals surface area contributed by atoms with Crippen LogP contribution < -0.4 is 10.6 Å². The standard InChI is InChI=1S/C22H19N3OS/c1-12-9-15-11-16-19(23)20(27-21(16)24-17(15)10-13(12)2)22(26)25-8-7-14-5-3-4-6-18(14)25/h3-6,9-11H,7-8,23H2,1-2H3. The number of hydrogen-bond donors (Lipinski definition) is 1. The van der Waals surface area contributed by atoms with Crippen molar-refractivity contribution in [1.29, 1.82) is 0 Å². The Balaban J connectivity index is 1.64. The monoisotopic (exact) mass is 373 g/mol. The summed E-state index contributed by atoms with van der Waals surface area (Å²) in [6, 6.07) is 14.4. The van der Waals surface area contributed by atoms with Crippen molar-refractivity contribution in [3.05, 3.63) is 64.0 Å². The molecule has 1 aliphatic rings. The van der Waals surface area contributed by atoms with Crippen LogP contribution in [0, 0.1) is 13.8 Å². The molecular weight excluding hydrogens is 354 g/mol. The van der Waals surface area contributed by atoms with E-state index in [1.807, 2.05) is 23.1 Å². The summed E-state index contributed by atoms with van der Waals surface area (Å²) in [6.07, 6.45) is 0.882. The second-order valence-electron chi connectivity index (χ2n) is 7.15. The number of benzene rings is 2. The number of hydrogen-bond acceptors (Lipinski definition) is 4. The molecule has 0 saturated heterocycles. The molecule has 2 N–H and O–H groups in total. The van der Waals surface area contributed by atoms with E-state index in [9.17, 15) is 4.79 Å². The Morgan fingerprint density at radius 2 is 1.93 bits per heavy atom. The highest BCUT2D eigenvalue weighted by molar-refractivity contribution is 7.21. The Bertz CT molecular complexity index is 1240. The van der Waals surface area contributed by atoms with Gasteiger partial charge < -0.3 is 10.6 Å². The zero-order chi connectivity index (χ0) is 18.7. The SMILES string of the molecule is Cc1cc2cc3c(N)c(C(=O)N4CCc5ccccc54)sc3nc2cc1C. The Labute approximate surface area is 161 Å². The quantitative estimate of drug-likeness (QED) is 0.519. The molecule has 0 radical (unpaired) electrons. The van der Waals surface area contributed by atoms with Gasteiger partial charge in [-0.15, -0.1) is 11.3 Å². The summed E-state index contributed by atoms with van der Waals surface area (Å²) in [5.41, 5.74) is 12.5. The maximum Gasteiger partial charge on any atom is 0.270 e. The van der Waals surface area contributed by atoms with Crippen LogP contribution in [-0.4, -0.2) is 17.4 Å². The number of nitrogens with zero attached hydrogens (tertiary/aromatic N) is 2. The summed E-state index contributed by atoms with van der Waals surface area (Å²) in [4.78, 5) is 21.3. The molecule has 0 fully saturated rings. The molecule has 0 saturated carbocycles. The molecule has 0 bridgehead atoms. The van der Waals surface area contributed by atoms with Crippen LogP contribution in [0.15, 0.2) is 42.5 Å². The third-order valence-electron chi connectivity index (χ3n) is 5.46. The van der Waals surface area contributed by atoms with Crippen LogP contribution in [0.4, 0.5) is 11.4 Å². The number of amides is 1. The van der Waals surface area contributed by atoms with Gasteiger partial charge in [0.2, 0.25) is 0 Å². The Morgan fingerprint density at radius 3 is 2.78 bits per heavy atom. The minimum atomic E-state index is -0.0307. The average Bonchev–Trinajstić information content (AvgIpc) is 3.22. The maximum atomic E-state index is 13.2. The highest BCUT2D eigenvalue weighted by Gasteiger charge is 2.28. The predicted molar refractivity (Wildman–Crippen MR) is 113 cm³/mol. The van der Waals surface area contributed by atoms with Gasteiger partial charge in [-0.2, -0.15) is 0 Å². The zero-order valence-corrected chi connectivity index (χ0v) is 16.1. The lowest BCUT2D eigenvalue weighted by atomic mass is 10.1. The molecule has 134 valence electrons. The fourth-order valence-corrected chi connectivity index (χ4v) is 4.83. The van der Waals surface area contributed by atoms with Crippen molar-refractivity contribution < 1.29 is 4.79 Å². The Morgan fingerprint density at radius 1 is 1.15 bits per heavy atom. The molecule has 4 nitrogen and oxygen atoms in total. The van der Waals surface area contributed by atoms with Crippen LogP contribution in [0.1, 0.15) is 26.4 Å². The minimum Gasteiger partial charge on any atom is -0.397 e. The first-order valence-electron chi connectivity index (χ1n) is 9.02. The molecule has 2 aromatic heterocycles. The van der Waals surface area contributed by atoms with Gasteiger partial charge in [0, 0.05) is 23.0 Å². The maximum absolute atomic E-state index is 13.2. The molecule has 4 aromatic rings. The first-order valence-corrected chi connectivity index (χ1v) is 9.84. The van der Waals surface area contributed by atoms with E-state index in [0.717, 1.165) is 33.2 Å². The van der Waals surface area contributed by atoms with E-state index in [0.29, 0.717) is 17.1 Å². The van der Waals surface area contributed by atoms with Crippen LogP contribution in [0.3, 0.4) is 0 Å². The number of carbonyl (C=O) groups excluding carboxylic acids is 1. The molecule has 5 heteroatoms. The van der Waals surface area contributed by atoms with Crippen molar-refractivity contribution >= 4 is 49.7 Å². The first-order chi connectivity index (χ1) is 13.0. The molecule has 0 unspecified atom stereocenters. The molecule has 0 atom stereocenters. The van der Waals surface area contributed by atoms with Crippen LogP contribution in [-0.2, 0) is 6.42 Å². The van der Waals surface area contributed by atoms with Crippen LogP contribution in [0.25, 0.3) is 21.1 Å². The lowest BCUT2D eigenvalue weighted by Crippen LogP contribution is -2.28. The zero-order valence-electron chi connectivity index (χ0n) is 15.2. The Hall–Kier alpha value is -2.92. The average molecular weight is 373 g/mol. The van der Waals surface area contributed by atoms with Gasteiger partial charge in [-0.25, -0.2) is 4.98 Å². The molecular formula is C22H19N3OS. The number of rotatable bonds is 1. The topological polar surface area (TPSA) is 59.2 Å². The number of fused-ring (bicyclic) bond motifs is 3. The van der Waals surface area contributed by atoms with Crippen molar-refractivity contribution in [2.24, 2.45) is 0 Å². The van der Waals surface area contributed by atoms with Gasteiger partial charge in [0.25, 0.3) is 5.91 Å². The van der Waals surface area contributed by atoms with Crippen molar-refractivity contribution in [3.8, 4) is 0 Å². The highest BCUT2D eigenvalue weighted by atomic mass is 32.1. The Kier molecular flexibility index (Phi) is 3.49. The second-order valence-corrected chi connectivity index (χ2v) is 8.15. The molecule has 1 aliphatic heterocycles. The number of carbonyl (C=O) groups is 1. The summed E-state index contributed by atoms with van der Waals surface area (Å²) in [7, 11) is 0. The number of pyridine rings is 1. The van der Waals surface area contributed by atoms with Crippen molar-refractivity contribution in [1.82, 2.24) is 4.98 Å². The molecule has 1 amide bonds. The van der Waals surface area contributed by atoms with Gasteiger partial charge in [0.05, 0.1) is 11.2 Å². The summed E-state index contributed by atoms with van der Waals surface area (Å²) in [6.45, 7) is 4.87. The van der Waals surface area contributed by atoms with Crippen LogP contribution in [0.5, 0.6) is 0 Å². The number of para-hydroxylation sites is 1. The lowest BCUT2D eigenvalue weighted by Gasteiger charge is -2.16. The molecule has 0 spiro atoms. The van der Waals surface area contributed by atoms with E-state index < -0.39 is 0 Å². The third kappa shape index (κ3) is 2.42. The van der Waals surface area contributed by atoms with Gasteiger partial charge in [-0.05, 0) is 61.2 Å². The molecule has 27 heavy (non-hydrogen) atoms. The van der Waals surface area contributed by atoms with E-state index in [2.05, 4.69) is 38.1 Å². The molecule has 0 aliphatic carbocycles. The van der Waals surface area contributed by atoms with Crippen molar-refractivity contribution in [2.75, 3.05) is 17.2 Å². The number of nitrogens with two attached hydrogens (primary N) is 1. The first kappa shape index (κ1) is 16.3. The fraction of sp³-hybridized carbons (Fsp3) is 0.182. The largest absolute Gasteiger partial charge is 0.397 e. The van der Waals surface area contributed by atoms with Crippen molar-refractivity contribution in [2.45, 2.75) is 20.3 Å². The van der Waals surface area contributed by atoms with Gasteiger partial charge in [-0.1, -0.05) is 18.2 Å². The summed E-state index contributed by atoms with van der Waals surface area (Å²) in [5, 5.41) is 1.92.